The Hall–Kier alpha value is -2.57. The fraction of sp³-hybridized carbons (Fsp3) is 0.143. The Morgan fingerprint density at radius 2 is 2.00 bits per heavy atom. The van der Waals surface area contributed by atoms with Crippen LogP contribution in [0, 0.1) is 0 Å². The van der Waals surface area contributed by atoms with Gasteiger partial charge in [-0.2, -0.15) is 0 Å². The van der Waals surface area contributed by atoms with E-state index in [1.807, 2.05) is 55.5 Å². The minimum Gasteiger partial charge on any atom is -0.297 e. The van der Waals surface area contributed by atoms with Gasteiger partial charge in [0.1, 0.15) is 4.32 Å². The highest BCUT2D eigenvalue weighted by Gasteiger charge is 2.33. The monoisotopic (exact) mass is 394 g/mol. The van der Waals surface area contributed by atoms with E-state index in [9.17, 15) is 9.59 Å². The van der Waals surface area contributed by atoms with Gasteiger partial charge in [-0.05, 0) is 35.8 Å². The third-order valence-corrected chi connectivity index (χ3v) is 5.26. The number of rotatable bonds is 6. The maximum Gasteiger partial charge on any atom is 0.266 e. The summed E-state index contributed by atoms with van der Waals surface area (Å²) < 4.78 is 0.415. The van der Waals surface area contributed by atoms with Gasteiger partial charge in [0, 0.05) is 18.8 Å². The molecule has 0 spiro atoms. The van der Waals surface area contributed by atoms with Crippen LogP contribution in [0.4, 0.5) is 0 Å². The molecule has 4 nitrogen and oxygen atoms in total. The van der Waals surface area contributed by atoms with Crippen LogP contribution in [0.3, 0.4) is 0 Å². The lowest BCUT2D eigenvalue weighted by molar-refractivity contribution is -0.127. The quantitative estimate of drug-likeness (QED) is 0.547. The third kappa shape index (κ3) is 5.21. The molecule has 0 unspecified atom stereocenters. The van der Waals surface area contributed by atoms with Crippen LogP contribution in [-0.2, 0) is 16.0 Å². The lowest BCUT2D eigenvalue weighted by Crippen LogP contribution is -2.34. The smallest absolute Gasteiger partial charge is 0.266 e. The van der Waals surface area contributed by atoms with Gasteiger partial charge in [-0.1, -0.05) is 66.5 Å². The first-order chi connectivity index (χ1) is 13.0. The number of Topliss-reactive ketones (excluding diaryl/α,β-unsaturated/α-hetero) is 1. The molecule has 3 rings (SSSR count). The standard InChI is InChI=1S/C21H18N2O2S2/c1-15(10-16-6-3-2-4-7-16)11-19-20(25)23(21(26)27-19)14-18(24)12-17-8-5-9-22-13-17/h2-11,13H,12,14H2,1H3/b15-10+,19-11-. The zero-order chi connectivity index (χ0) is 19.2. The van der Waals surface area contributed by atoms with Crippen molar-refractivity contribution in [1.29, 1.82) is 0 Å². The van der Waals surface area contributed by atoms with E-state index < -0.39 is 0 Å². The normalized spacial score (nSPS) is 16.3. The SMILES string of the molecule is CC(/C=C1\SC(=S)N(CC(=O)Cc2cccnc2)C1=O)=C\c1ccccc1. The van der Waals surface area contributed by atoms with Crippen LogP contribution in [0.25, 0.3) is 6.08 Å². The summed E-state index contributed by atoms with van der Waals surface area (Å²) in [4.78, 5) is 30.9. The fourth-order valence-corrected chi connectivity index (χ4v) is 3.96. The number of aromatic nitrogens is 1. The minimum atomic E-state index is -0.217. The average Bonchev–Trinajstić information content (AvgIpc) is 2.90. The van der Waals surface area contributed by atoms with Crippen LogP contribution in [0.1, 0.15) is 18.1 Å². The summed E-state index contributed by atoms with van der Waals surface area (Å²) in [6.07, 6.45) is 7.36. The van der Waals surface area contributed by atoms with Crippen molar-refractivity contribution in [2.45, 2.75) is 13.3 Å². The summed E-state index contributed by atoms with van der Waals surface area (Å²) in [7, 11) is 0. The Morgan fingerprint density at radius 3 is 2.70 bits per heavy atom. The number of benzene rings is 1. The van der Waals surface area contributed by atoms with Crippen LogP contribution in [0.5, 0.6) is 0 Å². The van der Waals surface area contributed by atoms with Crippen LogP contribution in [-0.4, -0.2) is 32.4 Å². The Labute approximate surface area is 168 Å². The van der Waals surface area contributed by atoms with E-state index in [-0.39, 0.29) is 24.7 Å². The molecule has 1 fully saturated rings. The predicted octanol–water partition coefficient (Wildman–Crippen LogP) is 4.04. The van der Waals surface area contributed by atoms with Crippen molar-refractivity contribution >= 4 is 46.1 Å². The molecule has 1 amide bonds. The maximum atomic E-state index is 12.6. The summed E-state index contributed by atoms with van der Waals surface area (Å²) in [6.45, 7) is 1.92. The Kier molecular flexibility index (Phi) is 6.32. The molecule has 0 atom stereocenters. The Balaban J connectivity index is 1.67. The number of thioether (sulfide) groups is 1. The van der Waals surface area contributed by atoms with E-state index in [0.717, 1.165) is 16.7 Å². The number of carbonyl (C=O) groups excluding carboxylic acids is 2. The van der Waals surface area contributed by atoms with E-state index in [1.165, 1.54) is 16.7 Å². The maximum absolute atomic E-state index is 12.6. The molecule has 0 radical (unpaired) electrons. The second-order valence-corrected chi connectivity index (χ2v) is 7.82. The minimum absolute atomic E-state index is 0.0155. The molecule has 1 saturated heterocycles. The highest BCUT2D eigenvalue weighted by atomic mass is 32.2. The van der Waals surface area contributed by atoms with Crippen molar-refractivity contribution in [3.63, 3.8) is 0 Å². The first-order valence-corrected chi connectivity index (χ1v) is 9.65. The number of nitrogens with zero attached hydrogens (tertiary/aromatic N) is 2. The van der Waals surface area contributed by atoms with Gasteiger partial charge < -0.3 is 0 Å². The van der Waals surface area contributed by atoms with Gasteiger partial charge in [0.2, 0.25) is 0 Å². The van der Waals surface area contributed by atoms with E-state index in [0.29, 0.717) is 9.23 Å². The molecule has 2 aromatic rings. The number of carbonyl (C=O) groups is 2. The number of hydrogen-bond acceptors (Lipinski definition) is 5. The molecule has 1 aromatic heterocycles. The molecule has 0 N–H and O–H groups in total. The molecule has 27 heavy (non-hydrogen) atoms. The summed E-state index contributed by atoms with van der Waals surface area (Å²) in [5.41, 5.74) is 2.84. The molecule has 0 bridgehead atoms. The second kappa shape index (κ2) is 8.88. The van der Waals surface area contributed by atoms with Crippen LogP contribution < -0.4 is 0 Å². The number of ketones is 1. The molecular weight excluding hydrogens is 376 g/mol. The lowest BCUT2D eigenvalue weighted by atomic mass is 10.1. The number of hydrogen-bond donors (Lipinski definition) is 0. The van der Waals surface area contributed by atoms with Crippen molar-refractivity contribution in [3.05, 3.63) is 82.5 Å². The van der Waals surface area contributed by atoms with Crippen LogP contribution in [0.15, 0.2) is 71.4 Å². The van der Waals surface area contributed by atoms with Gasteiger partial charge in [0.15, 0.2) is 5.78 Å². The molecule has 0 aliphatic carbocycles. The van der Waals surface area contributed by atoms with Gasteiger partial charge in [0.25, 0.3) is 5.91 Å². The molecule has 0 saturated carbocycles. The van der Waals surface area contributed by atoms with Gasteiger partial charge >= 0.3 is 0 Å². The molecule has 1 aliphatic heterocycles. The van der Waals surface area contributed by atoms with E-state index in [4.69, 9.17) is 12.2 Å². The van der Waals surface area contributed by atoms with Crippen LogP contribution in [0.2, 0.25) is 0 Å². The summed E-state index contributed by atoms with van der Waals surface area (Å²) in [5.74, 6) is -0.289. The second-order valence-electron chi connectivity index (χ2n) is 6.14. The number of pyridine rings is 1. The number of thiocarbonyl (C=S) groups is 1. The van der Waals surface area contributed by atoms with Crippen molar-refractivity contribution in [2.75, 3.05) is 6.54 Å². The van der Waals surface area contributed by atoms with Gasteiger partial charge in [-0.15, -0.1) is 0 Å². The van der Waals surface area contributed by atoms with Crippen molar-refractivity contribution < 1.29 is 9.59 Å². The summed E-state index contributed by atoms with van der Waals surface area (Å²) in [6, 6.07) is 13.5. The molecule has 6 heteroatoms. The van der Waals surface area contributed by atoms with Crippen molar-refractivity contribution in [2.24, 2.45) is 0 Å². The topological polar surface area (TPSA) is 50.3 Å². The van der Waals surface area contributed by atoms with Crippen molar-refractivity contribution in [1.82, 2.24) is 9.88 Å². The number of allylic oxidation sites excluding steroid dienone is 2. The summed E-state index contributed by atoms with van der Waals surface area (Å²) >= 11 is 6.54. The van der Waals surface area contributed by atoms with E-state index in [2.05, 4.69) is 4.98 Å². The van der Waals surface area contributed by atoms with E-state index >= 15 is 0 Å². The van der Waals surface area contributed by atoms with Crippen molar-refractivity contribution in [3.8, 4) is 0 Å². The number of amides is 1. The molecule has 1 aliphatic rings. The summed E-state index contributed by atoms with van der Waals surface area (Å²) in [5, 5.41) is 0. The van der Waals surface area contributed by atoms with E-state index in [1.54, 1.807) is 18.5 Å². The molecule has 2 heterocycles. The highest BCUT2D eigenvalue weighted by molar-refractivity contribution is 8.26. The van der Waals surface area contributed by atoms with Crippen LogP contribution >= 0.6 is 24.0 Å². The zero-order valence-corrected chi connectivity index (χ0v) is 16.4. The largest absolute Gasteiger partial charge is 0.297 e. The molecule has 136 valence electrons. The average molecular weight is 395 g/mol. The molecular formula is C21H18N2O2S2. The highest BCUT2D eigenvalue weighted by Crippen LogP contribution is 2.32. The fourth-order valence-electron chi connectivity index (χ4n) is 2.66. The zero-order valence-electron chi connectivity index (χ0n) is 14.8. The van der Waals surface area contributed by atoms with Gasteiger partial charge in [-0.25, -0.2) is 0 Å². The van der Waals surface area contributed by atoms with Gasteiger partial charge in [0.05, 0.1) is 11.4 Å². The van der Waals surface area contributed by atoms with Gasteiger partial charge in [-0.3, -0.25) is 19.5 Å². The predicted molar refractivity (Wildman–Crippen MR) is 113 cm³/mol. The first-order valence-electron chi connectivity index (χ1n) is 8.42. The third-order valence-electron chi connectivity index (χ3n) is 3.88. The molecule has 1 aromatic carbocycles. The Bertz CT molecular complexity index is 922. The lowest BCUT2D eigenvalue weighted by Gasteiger charge is -2.13. The Morgan fingerprint density at radius 1 is 1.22 bits per heavy atom. The first kappa shape index (κ1) is 19.2.